The van der Waals surface area contributed by atoms with Gasteiger partial charge in [0.15, 0.2) is 0 Å². The van der Waals surface area contributed by atoms with Crippen LogP contribution in [0.3, 0.4) is 0 Å². The third kappa shape index (κ3) is 3.48. The van der Waals surface area contributed by atoms with Crippen LogP contribution in [0.15, 0.2) is 29.1 Å². The van der Waals surface area contributed by atoms with Crippen LogP contribution < -0.4 is 14.9 Å². The molecule has 3 rings (SSSR count). The molecule has 1 saturated heterocycles. The molecule has 1 aromatic heterocycles. The molecule has 2 aromatic rings. The van der Waals surface area contributed by atoms with E-state index in [-0.39, 0.29) is 23.4 Å². The van der Waals surface area contributed by atoms with Gasteiger partial charge in [-0.15, -0.1) is 0 Å². The van der Waals surface area contributed by atoms with Gasteiger partial charge in [-0.25, -0.2) is 0 Å². The van der Waals surface area contributed by atoms with Crippen molar-refractivity contribution in [2.75, 3.05) is 26.7 Å². The summed E-state index contributed by atoms with van der Waals surface area (Å²) >= 11 is 1.19. The van der Waals surface area contributed by atoms with Crippen LogP contribution in [0.25, 0.3) is 0 Å². The monoisotopic (exact) mass is 361 g/mol. The first kappa shape index (κ1) is 17.7. The number of nitrogens with one attached hydrogen (secondary N) is 1. The molecule has 25 heavy (non-hydrogen) atoms. The fraction of sp³-hybridized carbons (Fsp3) is 0.444. The summed E-state index contributed by atoms with van der Waals surface area (Å²) in [6.45, 7) is 5.90. The number of carbonyl (C=O) groups excluding carboxylic acids is 1. The number of rotatable bonds is 4. The lowest BCUT2D eigenvalue weighted by Gasteiger charge is -2.37. The first-order valence-corrected chi connectivity index (χ1v) is 9.14. The maximum Gasteiger partial charge on any atom is 0.308 e. The summed E-state index contributed by atoms with van der Waals surface area (Å²) in [7, 11) is 1.64. The van der Waals surface area contributed by atoms with Gasteiger partial charge in [-0.3, -0.25) is 14.2 Å². The van der Waals surface area contributed by atoms with Crippen LogP contribution >= 0.6 is 11.3 Å². The van der Waals surface area contributed by atoms with Gasteiger partial charge in [0.25, 0.3) is 0 Å². The van der Waals surface area contributed by atoms with Crippen molar-refractivity contribution in [3.8, 4) is 5.75 Å². The van der Waals surface area contributed by atoms with Gasteiger partial charge >= 0.3 is 4.87 Å². The molecule has 7 heteroatoms. The van der Waals surface area contributed by atoms with Crippen molar-refractivity contribution < 1.29 is 9.53 Å². The van der Waals surface area contributed by atoms with Crippen LogP contribution in [0, 0.1) is 13.8 Å². The number of benzene rings is 1. The molecular weight excluding hydrogens is 338 g/mol. The summed E-state index contributed by atoms with van der Waals surface area (Å²) in [6.07, 6.45) is 0. The Labute approximate surface area is 151 Å². The molecule has 0 bridgehead atoms. The topological polar surface area (TPSA) is 63.6 Å². The van der Waals surface area contributed by atoms with Crippen LogP contribution in [0.5, 0.6) is 5.75 Å². The van der Waals surface area contributed by atoms with E-state index >= 15 is 0 Å². The fourth-order valence-corrected chi connectivity index (χ4v) is 4.05. The highest BCUT2D eigenvalue weighted by molar-refractivity contribution is 7.09. The molecule has 134 valence electrons. The average molecular weight is 361 g/mol. The molecular formula is C18H23N3O3S. The van der Waals surface area contributed by atoms with E-state index in [1.54, 1.807) is 11.7 Å². The first-order valence-electron chi connectivity index (χ1n) is 8.33. The lowest BCUT2D eigenvalue weighted by molar-refractivity contribution is -0.135. The first-order chi connectivity index (χ1) is 12.0. The summed E-state index contributed by atoms with van der Waals surface area (Å²) in [6, 6.07) is 7.66. The second-order valence-corrected chi connectivity index (χ2v) is 7.31. The number of piperazine rings is 1. The van der Waals surface area contributed by atoms with Crippen molar-refractivity contribution in [2.24, 2.45) is 0 Å². The highest BCUT2D eigenvalue weighted by atomic mass is 32.1. The van der Waals surface area contributed by atoms with E-state index in [1.165, 1.54) is 11.3 Å². The van der Waals surface area contributed by atoms with E-state index in [2.05, 4.69) is 5.32 Å². The zero-order chi connectivity index (χ0) is 18.0. The molecule has 1 aromatic carbocycles. The highest BCUT2D eigenvalue weighted by Gasteiger charge is 2.30. The van der Waals surface area contributed by atoms with Gasteiger partial charge in [-0.05, 0) is 19.9 Å². The van der Waals surface area contributed by atoms with Crippen LogP contribution in [0.1, 0.15) is 22.2 Å². The minimum atomic E-state index is -0.104. The van der Waals surface area contributed by atoms with E-state index in [0.717, 1.165) is 28.4 Å². The van der Waals surface area contributed by atoms with Crippen molar-refractivity contribution in [1.82, 2.24) is 14.8 Å². The molecule has 1 amide bonds. The maximum atomic E-state index is 13.0. The predicted octanol–water partition coefficient (Wildman–Crippen LogP) is 1.71. The number of methoxy groups -OCH3 is 1. The van der Waals surface area contributed by atoms with Crippen LogP contribution in [-0.4, -0.2) is 42.1 Å². The molecule has 0 spiro atoms. The number of thiazole rings is 1. The quantitative estimate of drug-likeness (QED) is 0.900. The molecule has 1 N–H and O–H groups in total. The number of aryl methyl sites for hydroxylation is 1. The number of para-hydroxylation sites is 1. The number of amides is 1. The lowest BCUT2D eigenvalue weighted by atomic mass is 10.0. The number of aromatic nitrogens is 1. The van der Waals surface area contributed by atoms with Gasteiger partial charge in [0.1, 0.15) is 12.3 Å². The second kappa shape index (κ2) is 7.41. The van der Waals surface area contributed by atoms with Crippen molar-refractivity contribution in [3.05, 3.63) is 50.1 Å². The van der Waals surface area contributed by atoms with Crippen LogP contribution in [0.2, 0.25) is 0 Å². The van der Waals surface area contributed by atoms with Crippen LogP contribution in [0.4, 0.5) is 0 Å². The van der Waals surface area contributed by atoms with E-state index in [0.29, 0.717) is 13.1 Å². The minimum Gasteiger partial charge on any atom is -0.496 e. The Morgan fingerprint density at radius 2 is 2.12 bits per heavy atom. The van der Waals surface area contributed by atoms with Gasteiger partial charge < -0.3 is 15.0 Å². The van der Waals surface area contributed by atoms with Crippen molar-refractivity contribution in [2.45, 2.75) is 26.4 Å². The lowest BCUT2D eigenvalue weighted by Crippen LogP contribution is -2.50. The zero-order valence-electron chi connectivity index (χ0n) is 14.7. The Morgan fingerprint density at radius 3 is 2.80 bits per heavy atom. The number of nitrogens with zero attached hydrogens (tertiary/aromatic N) is 2. The van der Waals surface area contributed by atoms with Gasteiger partial charge in [-0.1, -0.05) is 29.5 Å². The molecule has 1 fully saturated rings. The molecule has 0 saturated carbocycles. The predicted molar refractivity (Wildman–Crippen MR) is 98.4 cm³/mol. The Hall–Kier alpha value is -2.12. The summed E-state index contributed by atoms with van der Waals surface area (Å²) in [5.74, 6) is 0.731. The Morgan fingerprint density at radius 1 is 1.36 bits per heavy atom. The van der Waals surface area contributed by atoms with Gasteiger partial charge in [0, 0.05) is 35.8 Å². The molecule has 1 aliphatic rings. The normalized spacial score (nSPS) is 17.6. The fourth-order valence-electron chi connectivity index (χ4n) is 3.22. The van der Waals surface area contributed by atoms with Crippen molar-refractivity contribution >= 4 is 17.2 Å². The zero-order valence-corrected chi connectivity index (χ0v) is 15.6. The smallest absolute Gasteiger partial charge is 0.308 e. The molecule has 1 atom stereocenters. The van der Waals surface area contributed by atoms with Crippen LogP contribution in [-0.2, 0) is 11.3 Å². The Bertz CT molecular complexity index is 827. The molecule has 0 radical (unpaired) electrons. The van der Waals surface area contributed by atoms with Gasteiger partial charge in [-0.2, -0.15) is 0 Å². The average Bonchev–Trinajstić information content (AvgIpc) is 2.87. The van der Waals surface area contributed by atoms with E-state index < -0.39 is 0 Å². The third-order valence-corrected chi connectivity index (χ3v) is 5.73. The number of ether oxygens (including phenoxy) is 1. The summed E-state index contributed by atoms with van der Waals surface area (Å²) in [5, 5.41) is 3.34. The second-order valence-electron chi connectivity index (χ2n) is 6.14. The molecule has 1 unspecified atom stereocenters. The molecule has 1 aliphatic heterocycles. The largest absolute Gasteiger partial charge is 0.496 e. The summed E-state index contributed by atoms with van der Waals surface area (Å²) in [4.78, 5) is 27.8. The van der Waals surface area contributed by atoms with E-state index in [9.17, 15) is 9.59 Å². The maximum absolute atomic E-state index is 13.0. The standard InChI is InChI=1S/C18H23N3O3S/c1-12-13(2)25-18(23)21(12)11-17(22)20-9-8-19-10-15(20)14-6-4-5-7-16(14)24-3/h4-7,15,19H,8-11H2,1-3H3. The van der Waals surface area contributed by atoms with Gasteiger partial charge in [0.2, 0.25) is 5.91 Å². The van der Waals surface area contributed by atoms with Crippen molar-refractivity contribution in [1.29, 1.82) is 0 Å². The molecule has 0 aliphatic carbocycles. The molecule has 2 heterocycles. The number of hydrogen-bond donors (Lipinski definition) is 1. The highest BCUT2D eigenvalue weighted by Crippen LogP contribution is 2.30. The Kier molecular flexibility index (Phi) is 5.24. The van der Waals surface area contributed by atoms with E-state index in [1.807, 2.05) is 43.0 Å². The number of carbonyl (C=O) groups is 1. The third-order valence-electron chi connectivity index (χ3n) is 4.73. The SMILES string of the molecule is COc1ccccc1C1CNCCN1C(=O)Cn1c(C)c(C)sc1=O. The minimum absolute atomic E-state index is 0.0413. The van der Waals surface area contributed by atoms with Gasteiger partial charge in [0.05, 0.1) is 13.2 Å². The Balaban J connectivity index is 1.88. The molecule has 6 nitrogen and oxygen atoms in total. The van der Waals surface area contributed by atoms with E-state index in [4.69, 9.17) is 4.74 Å². The summed E-state index contributed by atoms with van der Waals surface area (Å²) in [5.41, 5.74) is 1.85. The number of hydrogen-bond acceptors (Lipinski definition) is 5. The van der Waals surface area contributed by atoms with Crippen molar-refractivity contribution in [3.63, 3.8) is 0 Å². The summed E-state index contributed by atoms with van der Waals surface area (Å²) < 4.78 is 7.04.